The van der Waals surface area contributed by atoms with Crippen LogP contribution < -0.4 is 10.6 Å². The molecule has 1 aromatic carbocycles. The molecule has 2 rings (SSSR count). The zero-order valence-corrected chi connectivity index (χ0v) is 18.7. The van der Waals surface area contributed by atoms with Gasteiger partial charge in [0.05, 0.1) is 0 Å². The fraction of sp³-hybridized carbons (Fsp3) is 0.632. The summed E-state index contributed by atoms with van der Waals surface area (Å²) in [4.78, 5) is 6.90. The van der Waals surface area contributed by atoms with Crippen LogP contribution in [0, 0.1) is 5.92 Å². The quantitative estimate of drug-likeness (QED) is 0.371. The van der Waals surface area contributed by atoms with Gasteiger partial charge < -0.3 is 15.5 Å². The molecule has 1 aliphatic heterocycles. The molecule has 6 heteroatoms. The Morgan fingerprint density at radius 3 is 2.84 bits per heavy atom. The lowest BCUT2D eigenvalue weighted by molar-refractivity contribution is 0.141. The predicted molar refractivity (Wildman–Crippen MR) is 119 cm³/mol. The molecule has 1 heterocycles. The molecule has 2 N–H and O–H groups in total. The summed E-state index contributed by atoms with van der Waals surface area (Å²) in [5.41, 5.74) is 1.24. The van der Waals surface area contributed by atoms with Crippen molar-refractivity contribution in [3.05, 3.63) is 34.9 Å². The van der Waals surface area contributed by atoms with E-state index in [1.54, 1.807) is 0 Å². The number of nitrogens with one attached hydrogen (secondary N) is 2. The van der Waals surface area contributed by atoms with Gasteiger partial charge in [-0.3, -0.25) is 4.99 Å². The van der Waals surface area contributed by atoms with E-state index in [1.807, 2.05) is 25.2 Å². The second-order valence-corrected chi connectivity index (χ2v) is 7.29. The van der Waals surface area contributed by atoms with Crippen molar-refractivity contribution in [3.8, 4) is 0 Å². The fourth-order valence-electron chi connectivity index (χ4n) is 3.21. The van der Waals surface area contributed by atoms with E-state index in [-0.39, 0.29) is 24.0 Å². The van der Waals surface area contributed by atoms with Crippen molar-refractivity contribution < 1.29 is 0 Å². The van der Waals surface area contributed by atoms with E-state index >= 15 is 0 Å². The molecule has 0 amide bonds. The van der Waals surface area contributed by atoms with Crippen molar-refractivity contribution in [3.63, 3.8) is 0 Å². The van der Waals surface area contributed by atoms with Gasteiger partial charge in [-0.05, 0) is 63.3 Å². The minimum atomic E-state index is 0. The Morgan fingerprint density at radius 1 is 1.36 bits per heavy atom. The highest BCUT2D eigenvalue weighted by Crippen LogP contribution is 2.17. The van der Waals surface area contributed by atoms with Gasteiger partial charge in [-0.25, -0.2) is 0 Å². The molecule has 1 saturated heterocycles. The zero-order chi connectivity index (χ0) is 17.4. The van der Waals surface area contributed by atoms with Crippen molar-refractivity contribution >= 4 is 41.5 Å². The molecule has 1 aliphatic rings. The SMILES string of the molecule is CN=C(NCCc1cccc(Cl)c1)NCC1CCCN(C(C)C)C1.I. The molecule has 0 aromatic heterocycles. The van der Waals surface area contributed by atoms with Crippen molar-refractivity contribution in [2.75, 3.05) is 33.2 Å². The van der Waals surface area contributed by atoms with Crippen molar-refractivity contribution in [1.82, 2.24) is 15.5 Å². The normalized spacial score (nSPS) is 18.8. The number of hydrogen-bond acceptors (Lipinski definition) is 2. The number of rotatable bonds is 6. The van der Waals surface area contributed by atoms with Crippen molar-refractivity contribution in [1.29, 1.82) is 0 Å². The molecular formula is C19H32ClIN4. The van der Waals surface area contributed by atoms with Crippen LogP contribution in [-0.4, -0.2) is 50.1 Å². The highest BCUT2D eigenvalue weighted by atomic mass is 127. The first kappa shape index (κ1) is 22.5. The van der Waals surface area contributed by atoms with Gasteiger partial charge in [-0.15, -0.1) is 24.0 Å². The van der Waals surface area contributed by atoms with Crippen LogP contribution in [0.1, 0.15) is 32.3 Å². The number of aliphatic imine (C=N–C) groups is 1. The van der Waals surface area contributed by atoms with E-state index in [2.05, 4.69) is 40.4 Å². The van der Waals surface area contributed by atoms with Crippen LogP contribution in [0.15, 0.2) is 29.3 Å². The van der Waals surface area contributed by atoms with Crippen molar-refractivity contribution in [2.24, 2.45) is 10.9 Å². The highest BCUT2D eigenvalue weighted by Gasteiger charge is 2.21. The Morgan fingerprint density at radius 2 is 2.16 bits per heavy atom. The third-order valence-corrected chi connectivity index (χ3v) is 4.89. The summed E-state index contributed by atoms with van der Waals surface area (Å²) in [6, 6.07) is 8.66. The third kappa shape index (κ3) is 8.13. The lowest BCUT2D eigenvalue weighted by atomic mass is 9.97. The Kier molecular flexibility index (Phi) is 10.8. The first-order chi connectivity index (χ1) is 11.6. The standard InChI is InChI=1S/C19H31ClN4.HI/c1-15(2)24-11-5-7-17(14-24)13-23-19(21-3)22-10-9-16-6-4-8-18(20)12-16;/h4,6,8,12,15,17H,5,7,9-11,13-14H2,1-3H3,(H2,21,22,23);1H. The average Bonchev–Trinajstić information content (AvgIpc) is 2.58. The van der Waals surface area contributed by atoms with Gasteiger partial charge in [-0.1, -0.05) is 23.7 Å². The molecular weight excluding hydrogens is 447 g/mol. The molecule has 142 valence electrons. The largest absolute Gasteiger partial charge is 0.356 e. The number of hydrogen-bond donors (Lipinski definition) is 2. The molecule has 1 unspecified atom stereocenters. The van der Waals surface area contributed by atoms with Crippen LogP contribution in [-0.2, 0) is 6.42 Å². The van der Waals surface area contributed by atoms with Crippen LogP contribution in [0.25, 0.3) is 0 Å². The van der Waals surface area contributed by atoms with Crippen LogP contribution in [0.3, 0.4) is 0 Å². The highest BCUT2D eigenvalue weighted by molar-refractivity contribution is 14.0. The number of likely N-dealkylation sites (tertiary alicyclic amines) is 1. The summed E-state index contributed by atoms with van der Waals surface area (Å²) >= 11 is 6.02. The third-order valence-electron chi connectivity index (χ3n) is 4.66. The molecule has 0 aliphatic carbocycles. The zero-order valence-electron chi connectivity index (χ0n) is 15.6. The van der Waals surface area contributed by atoms with Gasteiger partial charge in [0.15, 0.2) is 5.96 Å². The molecule has 0 saturated carbocycles. The van der Waals surface area contributed by atoms with E-state index in [0.29, 0.717) is 12.0 Å². The molecule has 1 fully saturated rings. The van der Waals surface area contributed by atoms with Gasteiger partial charge in [0.2, 0.25) is 0 Å². The minimum absolute atomic E-state index is 0. The van der Waals surface area contributed by atoms with Gasteiger partial charge in [-0.2, -0.15) is 0 Å². The first-order valence-corrected chi connectivity index (χ1v) is 9.39. The van der Waals surface area contributed by atoms with Crippen molar-refractivity contribution in [2.45, 2.75) is 39.2 Å². The van der Waals surface area contributed by atoms with E-state index < -0.39 is 0 Å². The Bertz CT molecular complexity index is 536. The predicted octanol–water partition coefficient (Wildman–Crippen LogP) is 3.79. The van der Waals surface area contributed by atoms with E-state index in [1.165, 1.54) is 31.5 Å². The summed E-state index contributed by atoms with van der Waals surface area (Å²) in [6.07, 6.45) is 3.53. The number of halogens is 2. The molecule has 25 heavy (non-hydrogen) atoms. The second-order valence-electron chi connectivity index (χ2n) is 6.86. The first-order valence-electron chi connectivity index (χ1n) is 9.01. The van der Waals surface area contributed by atoms with Crippen LogP contribution in [0.2, 0.25) is 5.02 Å². The average molecular weight is 479 g/mol. The van der Waals surface area contributed by atoms with Crippen LogP contribution >= 0.6 is 35.6 Å². The number of guanidine groups is 1. The minimum Gasteiger partial charge on any atom is -0.356 e. The van der Waals surface area contributed by atoms with Gasteiger partial charge in [0.1, 0.15) is 0 Å². The molecule has 1 atom stereocenters. The molecule has 0 radical (unpaired) electrons. The summed E-state index contributed by atoms with van der Waals surface area (Å²) < 4.78 is 0. The maximum absolute atomic E-state index is 6.02. The summed E-state index contributed by atoms with van der Waals surface area (Å²) in [5.74, 6) is 1.59. The summed E-state index contributed by atoms with van der Waals surface area (Å²) in [7, 11) is 1.83. The Labute approximate surface area is 174 Å². The molecule has 4 nitrogen and oxygen atoms in total. The smallest absolute Gasteiger partial charge is 0.190 e. The molecule has 0 spiro atoms. The van der Waals surface area contributed by atoms with Crippen LogP contribution in [0.5, 0.6) is 0 Å². The summed E-state index contributed by atoms with van der Waals surface area (Å²) in [5, 5.41) is 7.67. The maximum atomic E-state index is 6.02. The second kappa shape index (κ2) is 12.0. The lowest BCUT2D eigenvalue weighted by Crippen LogP contribution is -2.46. The van der Waals surface area contributed by atoms with Crippen LogP contribution in [0.4, 0.5) is 0 Å². The molecule has 0 bridgehead atoms. The maximum Gasteiger partial charge on any atom is 0.190 e. The van der Waals surface area contributed by atoms with E-state index in [4.69, 9.17) is 11.6 Å². The van der Waals surface area contributed by atoms with Gasteiger partial charge in [0.25, 0.3) is 0 Å². The summed E-state index contributed by atoms with van der Waals surface area (Å²) in [6.45, 7) is 8.83. The molecule has 1 aromatic rings. The Hall–Kier alpha value is -0.530. The van der Waals surface area contributed by atoms with Gasteiger partial charge in [0, 0.05) is 37.7 Å². The van der Waals surface area contributed by atoms with E-state index in [0.717, 1.165) is 30.5 Å². The number of piperidine rings is 1. The van der Waals surface area contributed by atoms with E-state index in [9.17, 15) is 0 Å². The van der Waals surface area contributed by atoms with Gasteiger partial charge >= 0.3 is 0 Å². The monoisotopic (exact) mass is 478 g/mol. The number of benzene rings is 1. The lowest BCUT2D eigenvalue weighted by Gasteiger charge is -2.35. The fourth-order valence-corrected chi connectivity index (χ4v) is 3.43. The topological polar surface area (TPSA) is 39.7 Å². The Balaban J connectivity index is 0.00000312. The number of nitrogens with zero attached hydrogens (tertiary/aromatic N) is 2.